The van der Waals surface area contributed by atoms with Crippen LogP contribution in [0.3, 0.4) is 0 Å². The molecule has 4 rings (SSSR count). The first-order valence-corrected chi connectivity index (χ1v) is 9.80. The zero-order valence-electron chi connectivity index (χ0n) is 11.6. The van der Waals surface area contributed by atoms with Crippen LogP contribution in [0.2, 0.25) is 0 Å². The first kappa shape index (κ1) is 12.6. The van der Waals surface area contributed by atoms with E-state index in [0.29, 0.717) is 22.8 Å². The van der Waals surface area contributed by atoms with Gasteiger partial charge in [0.1, 0.15) is 0 Å². The second-order valence-corrected chi connectivity index (χ2v) is 9.93. The summed E-state index contributed by atoms with van der Waals surface area (Å²) in [6.45, 7) is 2.14. The molecule has 0 aromatic rings. The number of sulfone groups is 1. The molecule has 1 N–H and O–H groups in total. The van der Waals surface area contributed by atoms with Crippen LogP contribution in [0.1, 0.15) is 38.5 Å². The van der Waals surface area contributed by atoms with Crippen molar-refractivity contribution in [3.05, 3.63) is 0 Å². The topological polar surface area (TPSA) is 46.2 Å². The molecule has 0 amide bonds. The van der Waals surface area contributed by atoms with E-state index < -0.39 is 9.84 Å². The number of hydrogen-bond acceptors (Lipinski definition) is 3. The molecule has 3 nitrogen and oxygen atoms in total. The summed E-state index contributed by atoms with van der Waals surface area (Å²) in [5, 5.41) is 3.43. The maximum absolute atomic E-state index is 11.8. The Hall–Kier alpha value is -0.0900. The molecule has 2 bridgehead atoms. The molecular formula is C15H25NO2S. The highest BCUT2D eigenvalue weighted by Gasteiger charge is 2.51. The van der Waals surface area contributed by atoms with Gasteiger partial charge in [-0.3, -0.25) is 0 Å². The Labute approximate surface area is 116 Å². The monoisotopic (exact) mass is 283 g/mol. The Morgan fingerprint density at radius 2 is 1.95 bits per heavy atom. The van der Waals surface area contributed by atoms with E-state index in [-0.39, 0.29) is 0 Å². The summed E-state index contributed by atoms with van der Waals surface area (Å²) >= 11 is 0. The van der Waals surface area contributed by atoms with Crippen LogP contribution in [0, 0.1) is 29.1 Å². The minimum absolute atomic E-state index is 0.332. The Bertz CT molecular complexity index is 469. The van der Waals surface area contributed by atoms with Crippen molar-refractivity contribution in [2.45, 2.75) is 38.5 Å². The lowest BCUT2D eigenvalue weighted by atomic mass is 9.63. The van der Waals surface area contributed by atoms with Crippen molar-refractivity contribution >= 4 is 9.84 Å². The van der Waals surface area contributed by atoms with E-state index in [1.807, 2.05) is 0 Å². The summed E-state index contributed by atoms with van der Waals surface area (Å²) in [5.74, 6) is 4.24. The molecule has 0 aromatic carbocycles. The second-order valence-electron chi connectivity index (χ2n) is 7.70. The maximum Gasteiger partial charge on any atom is 0.150 e. The third-order valence-corrected chi connectivity index (χ3v) is 8.37. The fraction of sp³-hybridized carbons (Fsp3) is 1.00. The first-order chi connectivity index (χ1) is 9.06. The lowest BCUT2D eigenvalue weighted by Crippen LogP contribution is -2.58. The molecule has 4 heteroatoms. The number of fused-ring (bicyclic) bond motifs is 2. The lowest BCUT2D eigenvalue weighted by Gasteiger charge is -2.49. The number of nitrogens with one attached hydrogen (secondary N) is 1. The van der Waals surface area contributed by atoms with Gasteiger partial charge < -0.3 is 5.32 Å². The van der Waals surface area contributed by atoms with Crippen LogP contribution in [0.25, 0.3) is 0 Å². The molecular weight excluding hydrogens is 258 g/mol. The van der Waals surface area contributed by atoms with Gasteiger partial charge in [0.15, 0.2) is 9.84 Å². The van der Waals surface area contributed by atoms with Crippen LogP contribution < -0.4 is 5.32 Å². The minimum Gasteiger partial charge on any atom is -0.316 e. The van der Waals surface area contributed by atoms with E-state index in [1.54, 1.807) is 0 Å². The summed E-state index contributed by atoms with van der Waals surface area (Å²) in [6.07, 6.45) is 8.04. The Kier molecular flexibility index (Phi) is 2.79. The van der Waals surface area contributed by atoms with Gasteiger partial charge in [-0.2, -0.15) is 0 Å². The Balaban J connectivity index is 1.48. The van der Waals surface area contributed by atoms with Crippen molar-refractivity contribution in [3.8, 4) is 0 Å². The molecule has 2 saturated carbocycles. The summed E-state index contributed by atoms with van der Waals surface area (Å²) in [4.78, 5) is 0. The van der Waals surface area contributed by atoms with Crippen molar-refractivity contribution in [2.75, 3.05) is 24.6 Å². The van der Waals surface area contributed by atoms with Gasteiger partial charge in [-0.15, -0.1) is 0 Å². The molecule has 0 spiro atoms. The molecule has 0 radical (unpaired) electrons. The molecule has 4 fully saturated rings. The molecule has 4 unspecified atom stereocenters. The van der Waals surface area contributed by atoms with E-state index >= 15 is 0 Å². The van der Waals surface area contributed by atoms with Crippen molar-refractivity contribution in [1.82, 2.24) is 5.32 Å². The van der Waals surface area contributed by atoms with Crippen LogP contribution in [0.5, 0.6) is 0 Å². The fourth-order valence-electron chi connectivity index (χ4n) is 5.47. The molecule has 4 atom stereocenters. The minimum atomic E-state index is -2.73. The highest BCUT2D eigenvalue weighted by atomic mass is 32.2. The fourth-order valence-corrected chi connectivity index (χ4v) is 7.42. The average molecular weight is 283 g/mol. The number of hydrogen-bond donors (Lipinski definition) is 1. The Morgan fingerprint density at radius 3 is 2.42 bits per heavy atom. The predicted octanol–water partition coefficient (Wildman–Crippen LogP) is 1.84. The molecule has 19 heavy (non-hydrogen) atoms. The SMILES string of the molecule is O=S1(=O)CCC(C2(CC3CC4CCC3C4)CNC2)C1. The lowest BCUT2D eigenvalue weighted by molar-refractivity contribution is 0.0464. The van der Waals surface area contributed by atoms with Crippen molar-refractivity contribution in [1.29, 1.82) is 0 Å². The quantitative estimate of drug-likeness (QED) is 0.859. The summed E-state index contributed by atoms with van der Waals surface area (Å²) in [7, 11) is -2.73. The highest BCUT2D eigenvalue weighted by molar-refractivity contribution is 7.91. The molecule has 2 aliphatic heterocycles. The van der Waals surface area contributed by atoms with E-state index in [4.69, 9.17) is 0 Å². The standard InChI is InChI=1S/C15H25NO2S/c17-19(18)4-3-14(8-19)15(9-16-10-15)7-13-6-11-1-2-12(13)5-11/h11-14,16H,1-10H2. The van der Waals surface area contributed by atoms with Crippen LogP contribution in [0.15, 0.2) is 0 Å². The van der Waals surface area contributed by atoms with Gasteiger partial charge in [-0.1, -0.05) is 6.42 Å². The van der Waals surface area contributed by atoms with Gasteiger partial charge in [0.2, 0.25) is 0 Å². The smallest absolute Gasteiger partial charge is 0.150 e. The second kappa shape index (κ2) is 4.20. The van der Waals surface area contributed by atoms with Gasteiger partial charge in [-0.25, -0.2) is 8.42 Å². The summed E-state index contributed by atoms with van der Waals surface area (Å²) in [5.41, 5.74) is 0.332. The van der Waals surface area contributed by atoms with Crippen molar-refractivity contribution in [2.24, 2.45) is 29.1 Å². The summed E-state index contributed by atoms with van der Waals surface area (Å²) in [6, 6.07) is 0. The largest absolute Gasteiger partial charge is 0.316 e. The first-order valence-electron chi connectivity index (χ1n) is 7.97. The molecule has 4 aliphatic rings. The zero-order valence-corrected chi connectivity index (χ0v) is 12.4. The van der Waals surface area contributed by atoms with Gasteiger partial charge in [0.25, 0.3) is 0 Å². The van der Waals surface area contributed by atoms with Gasteiger partial charge in [0.05, 0.1) is 11.5 Å². The highest BCUT2D eigenvalue weighted by Crippen LogP contribution is 2.54. The van der Waals surface area contributed by atoms with E-state index in [2.05, 4.69) is 5.32 Å². The zero-order chi connectivity index (χ0) is 13.1. The molecule has 2 aliphatic carbocycles. The van der Waals surface area contributed by atoms with Crippen molar-refractivity contribution in [3.63, 3.8) is 0 Å². The van der Waals surface area contributed by atoms with E-state index in [1.165, 1.54) is 32.1 Å². The average Bonchev–Trinajstić information content (AvgIpc) is 2.98. The van der Waals surface area contributed by atoms with E-state index in [9.17, 15) is 8.42 Å². The molecule has 2 saturated heterocycles. The van der Waals surface area contributed by atoms with Crippen LogP contribution in [0.4, 0.5) is 0 Å². The number of rotatable bonds is 3. The third-order valence-electron chi connectivity index (χ3n) is 6.61. The molecule has 108 valence electrons. The summed E-state index contributed by atoms with van der Waals surface area (Å²) < 4.78 is 23.5. The van der Waals surface area contributed by atoms with Crippen LogP contribution in [-0.4, -0.2) is 33.0 Å². The van der Waals surface area contributed by atoms with Gasteiger partial charge >= 0.3 is 0 Å². The van der Waals surface area contributed by atoms with Crippen LogP contribution >= 0.6 is 0 Å². The van der Waals surface area contributed by atoms with Gasteiger partial charge in [-0.05, 0) is 61.2 Å². The molecule has 0 aromatic heterocycles. The Morgan fingerprint density at radius 1 is 1.11 bits per heavy atom. The van der Waals surface area contributed by atoms with Crippen molar-refractivity contribution < 1.29 is 8.42 Å². The van der Waals surface area contributed by atoms with E-state index in [0.717, 1.165) is 37.3 Å². The normalized spacial score (nSPS) is 46.3. The van der Waals surface area contributed by atoms with Gasteiger partial charge in [0, 0.05) is 13.1 Å². The maximum atomic E-state index is 11.8. The predicted molar refractivity (Wildman–Crippen MR) is 75.6 cm³/mol. The molecule has 2 heterocycles. The van der Waals surface area contributed by atoms with Crippen LogP contribution in [-0.2, 0) is 9.84 Å². The third kappa shape index (κ3) is 2.06.